The summed E-state index contributed by atoms with van der Waals surface area (Å²) in [6.45, 7) is 0. The third kappa shape index (κ3) is 3.33. The van der Waals surface area contributed by atoms with Crippen LogP contribution in [0.1, 0.15) is 89.0 Å². The van der Waals surface area contributed by atoms with Crippen molar-refractivity contribution in [1.82, 2.24) is 0 Å². The van der Waals surface area contributed by atoms with Crippen molar-refractivity contribution in [3.63, 3.8) is 0 Å². The first-order chi connectivity index (χ1) is 14.2. The zero-order valence-corrected chi connectivity index (χ0v) is 19.4. The summed E-state index contributed by atoms with van der Waals surface area (Å²) in [5.74, 6) is 0. The maximum atomic E-state index is 2.61. The van der Waals surface area contributed by atoms with E-state index in [4.69, 9.17) is 0 Å². The second-order valence-electron chi connectivity index (χ2n) is 10.3. The minimum Gasteiger partial charge on any atom is -0.377 e. The Hall–Kier alpha value is -1.07. The van der Waals surface area contributed by atoms with E-state index in [1.165, 1.54) is 88.3 Å². The summed E-state index contributed by atoms with van der Waals surface area (Å²) < 4.78 is 0. The lowest BCUT2D eigenvalue weighted by molar-refractivity contribution is 0.238. The second-order valence-corrected chi connectivity index (χ2v) is 13.3. The van der Waals surface area contributed by atoms with Crippen molar-refractivity contribution in [2.24, 2.45) is 0 Å². The van der Waals surface area contributed by atoms with Crippen LogP contribution in [0.5, 0.6) is 0 Å². The second kappa shape index (κ2) is 7.88. The van der Waals surface area contributed by atoms with Gasteiger partial charge in [0.05, 0.1) is 0 Å². The zero-order valence-electron chi connectivity index (χ0n) is 18.6. The Bertz CT molecular complexity index is 782. The van der Waals surface area contributed by atoms with Gasteiger partial charge in [0.1, 0.15) is 0 Å². The maximum absolute atomic E-state index is 2.61. The number of allylic oxidation sites excluding steroid dienone is 4. The van der Waals surface area contributed by atoms with E-state index >= 15 is 0 Å². The molecule has 0 unspecified atom stereocenters. The average Bonchev–Trinajstić information content (AvgIpc) is 2.75. The quantitative estimate of drug-likeness (QED) is 0.457. The number of hydrogen-bond donors (Lipinski definition) is 0. The predicted molar refractivity (Wildman–Crippen MR) is 129 cm³/mol. The highest BCUT2D eigenvalue weighted by Crippen LogP contribution is 2.84. The lowest BCUT2D eigenvalue weighted by Crippen LogP contribution is -2.55. The molecule has 4 aliphatic rings. The number of anilines is 1. The van der Waals surface area contributed by atoms with E-state index in [2.05, 4.69) is 55.4 Å². The molecule has 0 aromatic heterocycles. The molecule has 1 heterocycles. The first-order valence-corrected chi connectivity index (χ1v) is 13.5. The van der Waals surface area contributed by atoms with Gasteiger partial charge in [0.25, 0.3) is 0 Å². The monoisotopic (exact) mass is 407 g/mol. The highest BCUT2D eigenvalue weighted by molar-refractivity contribution is 7.67. The van der Waals surface area contributed by atoms with Crippen molar-refractivity contribution in [3.8, 4) is 0 Å². The Morgan fingerprint density at radius 2 is 1.45 bits per heavy atom. The molecule has 156 valence electrons. The smallest absolute Gasteiger partial charge is 0.0437 e. The molecule has 1 nitrogen and oxygen atoms in total. The first-order valence-electron chi connectivity index (χ1n) is 12.1. The van der Waals surface area contributed by atoms with E-state index in [9.17, 15) is 0 Å². The topological polar surface area (TPSA) is 3.24 Å². The van der Waals surface area contributed by atoms with Crippen LogP contribution in [0, 0.1) is 0 Å². The molecule has 2 spiro atoms. The third-order valence-electron chi connectivity index (χ3n) is 8.27. The van der Waals surface area contributed by atoms with E-state index in [-0.39, 0.29) is 7.92 Å². The molecule has 1 saturated heterocycles. The molecule has 1 aliphatic heterocycles. The average molecular weight is 408 g/mol. The Morgan fingerprint density at radius 1 is 0.828 bits per heavy atom. The summed E-state index contributed by atoms with van der Waals surface area (Å²) in [6.07, 6.45) is 24.1. The minimum atomic E-state index is -0.0411. The number of nitrogens with zero attached hydrogens (tertiary/aromatic N) is 1. The molecule has 0 amide bonds. The van der Waals surface area contributed by atoms with Crippen LogP contribution in [0.25, 0.3) is 5.57 Å². The Labute approximate surface area is 179 Å². The van der Waals surface area contributed by atoms with Gasteiger partial charge in [0.2, 0.25) is 0 Å². The van der Waals surface area contributed by atoms with Gasteiger partial charge in [-0.2, -0.15) is 0 Å². The van der Waals surface area contributed by atoms with E-state index in [1.807, 2.05) is 5.31 Å². The fourth-order valence-electron chi connectivity index (χ4n) is 7.17. The molecule has 0 N–H and O–H groups in total. The molecule has 2 saturated carbocycles. The number of benzene rings is 1. The van der Waals surface area contributed by atoms with Crippen LogP contribution in [0.3, 0.4) is 0 Å². The SMILES string of the molecule is CN(C)c1ccccc1C1=C(P2C3(CCCCC3)CC23CCCCC3)C=CCC1. The summed E-state index contributed by atoms with van der Waals surface area (Å²) in [4.78, 5) is 2.32. The maximum Gasteiger partial charge on any atom is 0.0437 e. The van der Waals surface area contributed by atoms with E-state index < -0.39 is 0 Å². The summed E-state index contributed by atoms with van der Waals surface area (Å²) in [7, 11) is 4.37. The van der Waals surface area contributed by atoms with Crippen molar-refractivity contribution in [1.29, 1.82) is 0 Å². The standard InChI is InChI=1S/C27H38NP/c1-28(2)24-15-7-5-13-22(24)23-14-6-8-16-25(23)29-26(17-9-3-10-18-26)21-27(29)19-11-4-12-20-27/h5,7-8,13,15-16H,3-4,6,9-12,14,17-21H2,1-2H3. The van der Waals surface area contributed by atoms with Crippen LogP contribution in [0.15, 0.2) is 41.7 Å². The van der Waals surface area contributed by atoms with Gasteiger partial charge in [0, 0.05) is 25.3 Å². The summed E-state index contributed by atoms with van der Waals surface area (Å²) in [6, 6.07) is 9.18. The zero-order chi connectivity index (χ0) is 19.9. The fraction of sp³-hybridized carbons (Fsp3) is 0.630. The lowest BCUT2D eigenvalue weighted by Gasteiger charge is -2.67. The van der Waals surface area contributed by atoms with Crippen molar-refractivity contribution in [3.05, 3.63) is 47.3 Å². The van der Waals surface area contributed by atoms with Gasteiger partial charge in [-0.05, 0) is 72.2 Å². The Morgan fingerprint density at radius 3 is 2.07 bits per heavy atom. The van der Waals surface area contributed by atoms with Gasteiger partial charge in [-0.1, -0.05) is 76.8 Å². The fourth-order valence-corrected chi connectivity index (χ4v) is 12.1. The molecule has 3 fully saturated rings. The molecule has 3 aliphatic carbocycles. The van der Waals surface area contributed by atoms with Crippen LogP contribution < -0.4 is 4.90 Å². The van der Waals surface area contributed by atoms with Crippen LogP contribution >= 0.6 is 7.92 Å². The van der Waals surface area contributed by atoms with Gasteiger partial charge in [0.15, 0.2) is 0 Å². The van der Waals surface area contributed by atoms with Crippen LogP contribution in [0.2, 0.25) is 0 Å². The third-order valence-corrected chi connectivity index (χ3v) is 12.3. The van der Waals surface area contributed by atoms with Gasteiger partial charge in [-0.25, -0.2) is 0 Å². The molecule has 29 heavy (non-hydrogen) atoms. The summed E-state index contributed by atoms with van der Waals surface area (Å²) >= 11 is 0. The van der Waals surface area contributed by atoms with E-state index in [1.54, 1.807) is 12.0 Å². The molecule has 1 aromatic carbocycles. The lowest BCUT2D eigenvalue weighted by atomic mass is 9.74. The number of para-hydroxylation sites is 1. The van der Waals surface area contributed by atoms with Crippen LogP contribution in [0.4, 0.5) is 5.69 Å². The molecule has 0 atom stereocenters. The van der Waals surface area contributed by atoms with Gasteiger partial charge >= 0.3 is 0 Å². The van der Waals surface area contributed by atoms with Gasteiger partial charge in [-0.15, -0.1) is 0 Å². The predicted octanol–water partition coefficient (Wildman–Crippen LogP) is 8.11. The Kier molecular flexibility index (Phi) is 5.40. The highest BCUT2D eigenvalue weighted by atomic mass is 31.1. The van der Waals surface area contributed by atoms with Crippen molar-refractivity contribution in [2.75, 3.05) is 19.0 Å². The van der Waals surface area contributed by atoms with Crippen LogP contribution in [-0.2, 0) is 0 Å². The van der Waals surface area contributed by atoms with E-state index in [0.717, 1.165) is 0 Å². The van der Waals surface area contributed by atoms with Crippen LogP contribution in [-0.4, -0.2) is 24.4 Å². The molecule has 5 rings (SSSR count). The molecular formula is C27H38NP. The number of hydrogen-bond acceptors (Lipinski definition) is 1. The first kappa shape index (κ1) is 19.9. The Balaban J connectivity index is 1.64. The number of rotatable bonds is 3. The molecular weight excluding hydrogens is 369 g/mol. The minimum absolute atomic E-state index is 0.0411. The molecule has 0 bridgehead atoms. The van der Waals surface area contributed by atoms with Gasteiger partial charge < -0.3 is 4.90 Å². The summed E-state index contributed by atoms with van der Waals surface area (Å²) in [5, 5.41) is 3.18. The van der Waals surface area contributed by atoms with Gasteiger partial charge in [-0.3, -0.25) is 0 Å². The van der Waals surface area contributed by atoms with E-state index in [0.29, 0.717) is 10.3 Å². The molecule has 1 aromatic rings. The van der Waals surface area contributed by atoms with Crippen molar-refractivity contribution in [2.45, 2.75) is 93.8 Å². The molecule has 2 heteroatoms. The molecule has 0 radical (unpaired) electrons. The van der Waals surface area contributed by atoms with Crippen molar-refractivity contribution >= 4 is 19.2 Å². The largest absolute Gasteiger partial charge is 0.377 e. The van der Waals surface area contributed by atoms with Crippen molar-refractivity contribution < 1.29 is 0 Å². The summed E-state index contributed by atoms with van der Waals surface area (Å²) in [5.41, 5.74) is 4.63. The normalized spacial score (nSPS) is 26.0. The highest BCUT2D eigenvalue weighted by Gasteiger charge is 2.63.